The molecule has 2 aromatic heterocycles. The standard InChI is InChI=1S/C19H18F2N4O/c20-14-2-1-3-15(21)12(14)9-24-7-6-16-13(10-24)19(26)25-18(22-16)8-17(23-25)11-4-5-11/h1-3,8,11,23H,4-7,9-10H2. The fourth-order valence-corrected chi connectivity index (χ4v) is 3.70. The molecule has 1 aliphatic heterocycles. The number of fused-ring (bicyclic) bond motifs is 2. The van der Waals surface area contributed by atoms with Crippen LogP contribution in [-0.2, 0) is 19.5 Å². The van der Waals surface area contributed by atoms with Crippen LogP contribution in [0.2, 0.25) is 0 Å². The molecule has 7 heteroatoms. The Morgan fingerprint density at radius 3 is 2.73 bits per heavy atom. The van der Waals surface area contributed by atoms with Gasteiger partial charge >= 0.3 is 0 Å². The third-order valence-electron chi connectivity index (χ3n) is 5.32. The topological polar surface area (TPSA) is 53.4 Å². The number of hydrogen-bond acceptors (Lipinski definition) is 3. The number of hydrogen-bond donors (Lipinski definition) is 1. The van der Waals surface area contributed by atoms with Gasteiger partial charge in [0.25, 0.3) is 5.56 Å². The van der Waals surface area contributed by atoms with Crippen LogP contribution in [0.3, 0.4) is 0 Å². The molecular formula is C19H18F2N4O. The Hall–Kier alpha value is -2.54. The normalized spacial score (nSPS) is 17.6. The molecule has 1 fully saturated rings. The fourth-order valence-electron chi connectivity index (χ4n) is 3.70. The quantitative estimate of drug-likeness (QED) is 0.785. The van der Waals surface area contributed by atoms with Crippen LogP contribution in [0.25, 0.3) is 5.65 Å². The van der Waals surface area contributed by atoms with Crippen molar-refractivity contribution in [3.63, 3.8) is 0 Å². The third kappa shape index (κ3) is 2.54. The van der Waals surface area contributed by atoms with Crippen molar-refractivity contribution in [1.82, 2.24) is 19.5 Å². The molecule has 26 heavy (non-hydrogen) atoms. The maximum atomic E-state index is 13.9. The summed E-state index contributed by atoms with van der Waals surface area (Å²) in [6.45, 7) is 1.09. The zero-order valence-electron chi connectivity index (χ0n) is 14.1. The summed E-state index contributed by atoms with van der Waals surface area (Å²) in [7, 11) is 0. The van der Waals surface area contributed by atoms with Crippen molar-refractivity contribution in [2.24, 2.45) is 0 Å². The van der Waals surface area contributed by atoms with Crippen LogP contribution >= 0.6 is 0 Å². The van der Waals surface area contributed by atoms with Gasteiger partial charge in [0.15, 0.2) is 5.65 Å². The largest absolute Gasteiger partial charge is 0.294 e. The first-order valence-corrected chi connectivity index (χ1v) is 8.89. The molecule has 1 saturated carbocycles. The van der Waals surface area contributed by atoms with Crippen LogP contribution in [-0.4, -0.2) is 26.0 Å². The van der Waals surface area contributed by atoms with E-state index in [9.17, 15) is 13.6 Å². The molecule has 0 saturated heterocycles. The van der Waals surface area contributed by atoms with Gasteiger partial charge < -0.3 is 0 Å². The summed E-state index contributed by atoms with van der Waals surface area (Å²) in [6, 6.07) is 5.83. The molecule has 1 aromatic carbocycles. The molecular weight excluding hydrogens is 338 g/mol. The summed E-state index contributed by atoms with van der Waals surface area (Å²) in [4.78, 5) is 19.4. The van der Waals surface area contributed by atoms with E-state index in [4.69, 9.17) is 0 Å². The van der Waals surface area contributed by atoms with Crippen LogP contribution in [0.1, 0.15) is 41.3 Å². The van der Waals surface area contributed by atoms with Gasteiger partial charge in [-0.1, -0.05) is 6.07 Å². The molecule has 0 bridgehead atoms. The highest BCUT2D eigenvalue weighted by molar-refractivity contribution is 5.44. The third-order valence-corrected chi connectivity index (χ3v) is 5.32. The summed E-state index contributed by atoms with van der Waals surface area (Å²) in [5.74, 6) is -0.604. The van der Waals surface area contributed by atoms with Gasteiger partial charge in [0.05, 0.1) is 11.3 Å². The van der Waals surface area contributed by atoms with Crippen LogP contribution in [0.4, 0.5) is 8.78 Å². The lowest BCUT2D eigenvalue weighted by molar-refractivity contribution is 0.234. The molecule has 0 unspecified atom stereocenters. The van der Waals surface area contributed by atoms with E-state index in [1.807, 2.05) is 11.0 Å². The maximum absolute atomic E-state index is 13.9. The van der Waals surface area contributed by atoms with Crippen molar-refractivity contribution in [3.05, 3.63) is 68.8 Å². The zero-order valence-corrected chi connectivity index (χ0v) is 14.1. The van der Waals surface area contributed by atoms with Gasteiger partial charge in [0.1, 0.15) is 11.6 Å². The van der Waals surface area contributed by atoms with Crippen molar-refractivity contribution in [1.29, 1.82) is 0 Å². The molecule has 5 rings (SSSR count). The summed E-state index contributed by atoms with van der Waals surface area (Å²) >= 11 is 0. The van der Waals surface area contributed by atoms with Gasteiger partial charge in [-0.25, -0.2) is 18.3 Å². The highest BCUT2D eigenvalue weighted by atomic mass is 19.1. The van der Waals surface area contributed by atoms with Crippen molar-refractivity contribution in [3.8, 4) is 0 Å². The first kappa shape index (κ1) is 15.7. The van der Waals surface area contributed by atoms with E-state index in [1.165, 1.54) is 22.7 Å². The van der Waals surface area contributed by atoms with Crippen LogP contribution in [0.15, 0.2) is 29.1 Å². The molecule has 1 N–H and O–H groups in total. The summed E-state index contributed by atoms with van der Waals surface area (Å²) in [5, 5.41) is 3.16. The predicted octanol–water partition coefficient (Wildman–Crippen LogP) is 2.74. The van der Waals surface area contributed by atoms with Crippen molar-refractivity contribution >= 4 is 5.65 Å². The Kier molecular flexibility index (Phi) is 3.46. The highest BCUT2D eigenvalue weighted by Crippen LogP contribution is 2.39. The van der Waals surface area contributed by atoms with Crippen molar-refractivity contribution < 1.29 is 8.78 Å². The summed E-state index contributed by atoms with van der Waals surface area (Å²) < 4.78 is 29.3. The lowest BCUT2D eigenvalue weighted by Gasteiger charge is -2.27. The second-order valence-corrected chi connectivity index (χ2v) is 7.18. The Bertz CT molecular complexity index is 1050. The van der Waals surface area contributed by atoms with E-state index in [0.717, 1.165) is 24.2 Å². The van der Waals surface area contributed by atoms with Crippen molar-refractivity contribution in [2.75, 3.05) is 6.54 Å². The maximum Gasteiger partial charge on any atom is 0.277 e. The van der Waals surface area contributed by atoms with Crippen LogP contribution in [0, 0.1) is 11.6 Å². The first-order valence-electron chi connectivity index (χ1n) is 8.89. The fraction of sp³-hybridized carbons (Fsp3) is 0.368. The Balaban J connectivity index is 1.48. The molecule has 0 amide bonds. The average molecular weight is 356 g/mol. The Labute approximate surface area is 148 Å². The molecule has 0 atom stereocenters. The van der Waals surface area contributed by atoms with E-state index in [0.29, 0.717) is 36.6 Å². The minimum atomic E-state index is -0.556. The Morgan fingerprint density at radius 2 is 2.00 bits per heavy atom. The zero-order chi connectivity index (χ0) is 17.8. The molecule has 5 nitrogen and oxygen atoms in total. The lowest BCUT2D eigenvalue weighted by atomic mass is 10.1. The SMILES string of the molecule is O=c1c2c(nc3cc(C4CC4)[nH]n13)CCN(Cc1c(F)cccc1F)C2. The second kappa shape index (κ2) is 5.74. The first-order chi connectivity index (χ1) is 12.6. The van der Waals surface area contributed by atoms with E-state index in [-0.39, 0.29) is 17.7 Å². The number of H-pyrrole nitrogens is 1. The number of nitrogens with zero attached hydrogens (tertiary/aromatic N) is 3. The summed E-state index contributed by atoms with van der Waals surface area (Å²) in [5.41, 5.74) is 3.04. The van der Waals surface area contributed by atoms with Crippen LogP contribution < -0.4 is 5.56 Å². The van der Waals surface area contributed by atoms with Gasteiger partial charge in [-0.3, -0.25) is 14.8 Å². The van der Waals surface area contributed by atoms with Gasteiger partial charge in [-0.05, 0) is 25.0 Å². The highest BCUT2D eigenvalue weighted by Gasteiger charge is 2.28. The Morgan fingerprint density at radius 1 is 1.23 bits per heavy atom. The van der Waals surface area contributed by atoms with Gasteiger partial charge in [0.2, 0.25) is 0 Å². The summed E-state index contributed by atoms with van der Waals surface area (Å²) in [6.07, 6.45) is 2.88. The second-order valence-electron chi connectivity index (χ2n) is 7.18. The smallest absolute Gasteiger partial charge is 0.277 e. The number of aromatic amines is 1. The number of halogens is 2. The molecule has 0 spiro atoms. The molecule has 3 aromatic rings. The minimum Gasteiger partial charge on any atom is -0.294 e. The molecule has 1 aliphatic carbocycles. The number of aromatic nitrogens is 3. The van der Waals surface area contributed by atoms with Gasteiger partial charge in [0, 0.05) is 49.3 Å². The number of nitrogens with one attached hydrogen (secondary N) is 1. The number of benzene rings is 1. The van der Waals surface area contributed by atoms with Crippen LogP contribution in [0.5, 0.6) is 0 Å². The average Bonchev–Trinajstić information content (AvgIpc) is 3.39. The van der Waals surface area contributed by atoms with E-state index < -0.39 is 11.6 Å². The van der Waals surface area contributed by atoms with Gasteiger partial charge in [-0.15, -0.1) is 0 Å². The minimum absolute atomic E-state index is 0.0426. The molecule has 134 valence electrons. The number of rotatable bonds is 3. The molecule has 3 heterocycles. The van der Waals surface area contributed by atoms with Crippen molar-refractivity contribution in [2.45, 2.75) is 38.3 Å². The molecule has 0 radical (unpaired) electrons. The van der Waals surface area contributed by atoms with Gasteiger partial charge in [-0.2, -0.15) is 0 Å². The predicted molar refractivity (Wildman–Crippen MR) is 92.0 cm³/mol. The van der Waals surface area contributed by atoms with E-state index >= 15 is 0 Å². The van der Waals surface area contributed by atoms with E-state index in [2.05, 4.69) is 10.1 Å². The monoisotopic (exact) mass is 356 g/mol. The van der Waals surface area contributed by atoms with E-state index in [1.54, 1.807) is 0 Å². The lowest BCUT2D eigenvalue weighted by Crippen LogP contribution is -2.36. The molecule has 2 aliphatic rings.